The summed E-state index contributed by atoms with van der Waals surface area (Å²) in [6.07, 6.45) is -3.10. The summed E-state index contributed by atoms with van der Waals surface area (Å²) in [6, 6.07) is 3.12. The maximum atomic E-state index is 12.8. The topological polar surface area (TPSA) is 40.5 Å². The molecule has 1 fully saturated rings. The van der Waals surface area contributed by atoms with E-state index in [-0.39, 0.29) is 22.7 Å². The summed E-state index contributed by atoms with van der Waals surface area (Å²) in [5.41, 5.74) is -0.885. The Kier molecular flexibility index (Phi) is 4.39. The largest absolute Gasteiger partial charge is 0.417 e. The highest BCUT2D eigenvalue weighted by Crippen LogP contribution is 2.35. The number of benzene rings is 1. The van der Waals surface area contributed by atoms with E-state index >= 15 is 0 Å². The molecule has 0 unspecified atom stereocenters. The number of hydrogen-bond donors (Lipinski definition) is 1. The molecule has 1 amide bonds. The third-order valence-corrected chi connectivity index (χ3v) is 4.06. The molecule has 2 rings (SSSR count). The summed E-state index contributed by atoms with van der Waals surface area (Å²) in [7, 11) is 0. The quantitative estimate of drug-likeness (QED) is 0.889. The van der Waals surface area contributed by atoms with Gasteiger partial charge in [-0.15, -0.1) is 0 Å². The molecule has 20 heavy (non-hydrogen) atoms. The highest BCUT2D eigenvalue weighted by Gasteiger charge is 2.35. The van der Waals surface area contributed by atoms with E-state index in [0.717, 1.165) is 12.5 Å². The molecule has 110 valence electrons. The van der Waals surface area contributed by atoms with E-state index in [1.54, 1.807) is 0 Å². The van der Waals surface area contributed by atoms with Gasteiger partial charge >= 0.3 is 6.18 Å². The van der Waals surface area contributed by atoms with Crippen molar-refractivity contribution in [1.29, 1.82) is 0 Å². The number of nitrogens with zero attached hydrogens (tertiary/aromatic N) is 1. The van der Waals surface area contributed by atoms with Crippen LogP contribution < -0.4 is 0 Å². The number of aliphatic hydroxyl groups is 1. The van der Waals surface area contributed by atoms with E-state index in [1.165, 1.54) is 17.0 Å². The maximum Gasteiger partial charge on any atom is 0.417 e. The van der Waals surface area contributed by atoms with Gasteiger partial charge < -0.3 is 10.0 Å². The summed E-state index contributed by atoms with van der Waals surface area (Å²) in [5, 5.41) is 9.18. The number of likely N-dealkylation sites (tertiary alicyclic amines) is 1. The maximum absolute atomic E-state index is 12.8. The van der Waals surface area contributed by atoms with Gasteiger partial charge in [-0.1, -0.05) is 15.9 Å². The molecule has 0 saturated carbocycles. The lowest BCUT2D eigenvalue weighted by Gasteiger charge is -2.23. The van der Waals surface area contributed by atoms with Crippen molar-refractivity contribution < 1.29 is 23.1 Å². The molecular weight excluding hydrogens is 339 g/mol. The third-order valence-electron chi connectivity index (χ3n) is 3.37. The predicted molar refractivity (Wildman–Crippen MR) is 70.3 cm³/mol. The molecule has 1 aliphatic rings. The number of rotatable bonds is 2. The van der Waals surface area contributed by atoms with E-state index in [4.69, 9.17) is 0 Å². The van der Waals surface area contributed by atoms with Crippen molar-refractivity contribution in [3.63, 3.8) is 0 Å². The average Bonchev–Trinajstić information content (AvgIpc) is 2.85. The van der Waals surface area contributed by atoms with Gasteiger partial charge in [0.25, 0.3) is 5.91 Å². The molecule has 1 atom stereocenters. The number of amides is 1. The van der Waals surface area contributed by atoms with E-state index in [0.29, 0.717) is 13.0 Å². The van der Waals surface area contributed by atoms with Crippen molar-refractivity contribution in [2.45, 2.75) is 25.1 Å². The Morgan fingerprint density at radius 1 is 1.45 bits per heavy atom. The van der Waals surface area contributed by atoms with Crippen LogP contribution in [0.1, 0.15) is 28.8 Å². The van der Waals surface area contributed by atoms with Crippen LogP contribution in [0.2, 0.25) is 0 Å². The van der Waals surface area contributed by atoms with Crippen LogP contribution in [0.5, 0.6) is 0 Å². The molecule has 1 aromatic rings. The molecule has 0 spiro atoms. The average molecular weight is 352 g/mol. The monoisotopic (exact) mass is 351 g/mol. The standard InChI is InChI=1S/C13H13BrF3NO2/c14-11-4-3-8(6-10(11)13(15,16)17)12(20)18-5-1-2-9(18)7-19/h3-4,6,9,19H,1-2,5,7H2/t9-/m1/s1. The van der Waals surface area contributed by atoms with Crippen molar-refractivity contribution >= 4 is 21.8 Å². The molecule has 0 bridgehead atoms. The van der Waals surface area contributed by atoms with Gasteiger partial charge in [0, 0.05) is 16.6 Å². The van der Waals surface area contributed by atoms with Gasteiger partial charge in [0.15, 0.2) is 0 Å². The number of alkyl halides is 3. The van der Waals surface area contributed by atoms with Gasteiger partial charge in [0.1, 0.15) is 0 Å². The minimum atomic E-state index is -4.52. The van der Waals surface area contributed by atoms with Crippen molar-refractivity contribution in [1.82, 2.24) is 4.90 Å². The van der Waals surface area contributed by atoms with E-state index in [2.05, 4.69) is 15.9 Å². The fraction of sp³-hybridized carbons (Fsp3) is 0.462. The second-order valence-corrected chi connectivity index (χ2v) is 5.52. The molecule has 1 heterocycles. The first-order valence-electron chi connectivity index (χ1n) is 6.13. The van der Waals surface area contributed by atoms with Crippen LogP contribution in [0.15, 0.2) is 22.7 Å². The Bertz CT molecular complexity index is 519. The molecule has 0 radical (unpaired) electrons. The van der Waals surface area contributed by atoms with Crippen molar-refractivity contribution in [3.8, 4) is 0 Å². The molecule has 1 aliphatic heterocycles. The van der Waals surface area contributed by atoms with Crippen LogP contribution in [0.3, 0.4) is 0 Å². The molecule has 1 aromatic carbocycles. The van der Waals surface area contributed by atoms with Crippen LogP contribution in [-0.4, -0.2) is 35.1 Å². The summed E-state index contributed by atoms with van der Waals surface area (Å²) < 4.78 is 38.4. The van der Waals surface area contributed by atoms with Gasteiger partial charge in [0.05, 0.1) is 18.2 Å². The van der Waals surface area contributed by atoms with E-state index in [1.807, 2.05) is 0 Å². The number of carbonyl (C=O) groups is 1. The summed E-state index contributed by atoms with van der Waals surface area (Å²) in [5.74, 6) is -0.473. The van der Waals surface area contributed by atoms with Gasteiger partial charge in [-0.05, 0) is 31.0 Å². The predicted octanol–water partition coefficient (Wildman–Crippen LogP) is 3.06. The number of halogens is 4. The van der Waals surface area contributed by atoms with Crippen LogP contribution >= 0.6 is 15.9 Å². The van der Waals surface area contributed by atoms with E-state index in [9.17, 15) is 23.1 Å². The molecule has 0 aliphatic carbocycles. The first-order chi connectivity index (χ1) is 9.34. The SMILES string of the molecule is O=C(c1ccc(Br)c(C(F)(F)F)c1)N1CCC[C@@H]1CO. The summed E-state index contributed by atoms with van der Waals surface area (Å²) in [4.78, 5) is 13.7. The zero-order chi connectivity index (χ0) is 14.9. The molecule has 7 heteroatoms. The van der Waals surface area contributed by atoms with Crippen molar-refractivity contribution in [3.05, 3.63) is 33.8 Å². The number of carbonyl (C=O) groups excluding carboxylic acids is 1. The second kappa shape index (κ2) is 5.73. The summed E-state index contributed by atoms with van der Waals surface area (Å²) >= 11 is 2.84. The molecule has 1 saturated heterocycles. The summed E-state index contributed by atoms with van der Waals surface area (Å²) in [6.45, 7) is 0.288. The Morgan fingerprint density at radius 3 is 2.75 bits per heavy atom. The Balaban J connectivity index is 2.31. The van der Waals surface area contributed by atoms with Gasteiger partial charge in [-0.3, -0.25) is 4.79 Å². The van der Waals surface area contributed by atoms with Gasteiger partial charge in [0.2, 0.25) is 0 Å². The molecule has 3 nitrogen and oxygen atoms in total. The van der Waals surface area contributed by atoms with Crippen molar-refractivity contribution in [2.24, 2.45) is 0 Å². The van der Waals surface area contributed by atoms with Crippen molar-refractivity contribution in [2.75, 3.05) is 13.2 Å². The fourth-order valence-electron chi connectivity index (χ4n) is 2.33. The minimum Gasteiger partial charge on any atom is -0.394 e. The highest BCUT2D eigenvalue weighted by atomic mass is 79.9. The Labute approximate surface area is 122 Å². The van der Waals surface area contributed by atoms with Crippen LogP contribution in [0.25, 0.3) is 0 Å². The van der Waals surface area contributed by atoms with Gasteiger partial charge in [-0.2, -0.15) is 13.2 Å². The first-order valence-corrected chi connectivity index (χ1v) is 6.92. The Morgan fingerprint density at radius 2 is 2.15 bits per heavy atom. The first kappa shape index (κ1) is 15.3. The third kappa shape index (κ3) is 2.98. The molecule has 1 N–H and O–H groups in total. The Hall–Kier alpha value is -1.08. The lowest BCUT2D eigenvalue weighted by molar-refractivity contribution is -0.138. The van der Waals surface area contributed by atoms with E-state index < -0.39 is 17.6 Å². The smallest absolute Gasteiger partial charge is 0.394 e. The zero-order valence-corrected chi connectivity index (χ0v) is 12.0. The number of hydrogen-bond acceptors (Lipinski definition) is 2. The zero-order valence-electron chi connectivity index (χ0n) is 10.5. The van der Waals surface area contributed by atoms with Crippen LogP contribution in [0.4, 0.5) is 13.2 Å². The lowest BCUT2D eigenvalue weighted by Crippen LogP contribution is -2.37. The lowest BCUT2D eigenvalue weighted by atomic mass is 10.1. The van der Waals surface area contributed by atoms with Crippen LogP contribution in [-0.2, 0) is 6.18 Å². The number of aliphatic hydroxyl groups excluding tert-OH is 1. The van der Waals surface area contributed by atoms with Gasteiger partial charge in [-0.25, -0.2) is 0 Å². The normalized spacial score (nSPS) is 19.4. The fourth-order valence-corrected chi connectivity index (χ4v) is 2.81. The molecular formula is C13H13BrF3NO2. The molecule has 0 aromatic heterocycles. The second-order valence-electron chi connectivity index (χ2n) is 4.67. The van der Waals surface area contributed by atoms with Crippen LogP contribution in [0, 0.1) is 0 Å². The highest BCUT2D eigenvalue weighted by molar-refractivity contribution is 9.10. The minimum absolute atomic E-state index is 0.0131.